The van der Waals surface area contributed by atoms with Gasteiger partial charge in [0, 0.05) is 6.92 Å². The van der Waals surface area contributed by atoms with Crippen LogP contribution < -0.4 is 0 Å². The zero-order chi connectivity index (χ0) is 10.9. The molecule has 0 aliphatic rings. The largest absolute Gasteiger partial charge is 0.480 e. The molecule has 0 aromatic carbocycles. The summed E-state index contributed by atoms with van der Waals surface area (Å²) in [6.45, 7) is 3.65. The Hall–Kier alpha value is -0.420. The van der Waals surface area contributed by atoms with Crippen LogP contribution in [-0.2, 0) is 14.3 Å². The lowest BCUT2D eigenvalue weighted by Crippen LogP contribution is -2.06. The first-order valence-corrected chi connectivity index (χ1v) is 5.21. The lowest BCUT2D eigenvalue weighted by molar-refractivity contribution is -0.140. The molecule has 78 valence electrons. The second kappa shape index (κ2) is 9.67. The highest BCUT2D eigenvalue weighted by atomic mass is 35.5. The van der Waals surface area contributed by atoms with Gasteiger partial charge < -0.3 is 9.84 Å². The molecule has 1 N–H and O–H groups in total. The highest BCUT2D eigenvalue weighted by Crippen LogP contribution is 2.09. The van der Waals surface area contributed by atoms with Crippen LogP contribution in [0.25, 0.3) is 0 Å². The molecule has 0 spiro atoms. The molecular formula is C7H13ClO4S. The molecule has 0 radical (unpaired) electrons. The standard InChI is InChI=1S/C4H8O2.C3H5ClO2S/c1-3-6-4(2)5;1-7-2(4)3(5)6/h3H2,1-2H3;2H,1H3,(H,5,6). The van der Waals surface area contributed by atoms with Crippen molar-refractivity contribution in [1.29, 1.82) is 0 Å². The summed E-state index contributed by atoms with van der Waals surface area (Å²) in [6.07, 6.45) is 1.64. The van der Waals surface area contributed by atoms with Gasteiger partial charge in [-0.15, -0.1) is 11.8 Å². The third-order valence-electron chi connectivity index (χ3n) is 0.749. The first-order chi connectivity index (χ1) is 5.95. The second-order valence-electron chi connectivity index (χ2n) is 1.81. The minimum Gasteiger partial charge on any atom is -0.480 e. The summed E-state index contributed by atoms with van der Waals surface area (Å²) in [6, 6.07) is 0. The molecule has 0 aromatic heterocycles. The monoisotopic (exact) mass is 228 g/mol. The highest BCUT2D eigenvalue weighted by Gasteiger charge is 2.08. The first kappa shape index (κ1) is 15.1. The summed E-state index contributed by atoms with van der Waals surface area (Å²) in [7, 11) is 0. The number of rotatable bonds is 3. The van der Waals surface area contributed by atoms with E-state index in [-0.39, 0.29) is 5.97 Å². The fourth-order valence-corrected chi connectivity index (χ4v) is 0.506. The number of aliphatic carboxylic acids is 1. The van der Waals surface area contributed by atoms with Crippen molar-refractivity contribution in [2.45, 2.75) is 18.6 Å². The van der Waals surface area contributed by atoms with Gasteiger partial charge in [0.05, 0.1) is 6.61 Å². The van der Waals surface area contributed by atoms with Crippen molar-refractivity contribution in [3.8, 4) is 0 Å². The average molecular weight is 229 g/mol. The molecule has 0 saturated heterocycles. The van der Waals surface area contributed by atoms with Gasteiger partial charge in [0.2, 0.25) is 0 Å². The van der Waals surface area contributed by atoms with E-state index in [9.17, 15) is 9.59 Å². The molecule has 13 heavy (non-hydrogen) atoms. The van der Waals surface area contributed by atoms with Gasteiger partial charge >= 0.3 is 11.9 Å². The summed E-state index contributed by atoms with van der Waals surface area (Å²) in [5.74, 6) is -1.19. The molecule has 1 unspecified atom stereocenters. The molecule has 0 heterocycles. The van der Waals surface area contributed by atoms with Crippen LogP contribution in [0.2, 0.25) is 0 Å². The van der Waals surface area contributed by atoms with E-state index in [1.165, 1.54) is 6.92 Å². The second-order valence-corrected chi connectivity index (χ2v) is 3.45. The predicted octanol–water partition coefficient (Wildman–Crippen LogP) is 1.57. The third kappa shape index (κ3) is 14.4. The van der Waals surface area contributed by atoms with Crippen LogP contribution in [0.1, 0.15) is 13.8 Å². The average Bonchev–Trinajstić information content (AvgIpc) is 2.03. The van der Waals surface area contributed by atoms with E-state index in [0.29, 0.717) is 6.61 Å². The quantitative estimate of drug-likeness (QED) is 0.587. The van der Waals surface area contributed by atoms with Crippen LogP contribution in [0, 0.1) is 0 Å². The van der Waals surface area contributed by atoms with E-state index in [1.54, 1.807) is 13.2 Å². The van der Waals surface area contributed by atoms with Crippen LogP contribution >= 0.6 is 23.4 Å². The van der Waals surface area contributed by atoms with Gasteiger partial charge in [-0.3, -0.25) is 4.79 Å². The zero-order valence-electron chi connectivity index (χ0n) is 7.74. The number of hydrogen-bond acceptors (Lipinski definition) is 4. The number of carboxylic acid groups (broad SMARTS) is 1. The van der Waals surface area contributed by atoms with Crippen molar-refractivity contribution in [2.24, 2.45) is 0 Å². The molecule has 1 atom stereocenters. The minimum atomic E-state index is -0.978. The van der Waals surface area contributed by atoms with E-state index in [1.807, 2.05) is 0 Å². The summed E-state index contributed by atoms with van der Waals surface area (Å²) < 4.78 is 3.61. The normalized spacial score (nSPS) is 10.8. The molecule has 0 amide bonds. The molecule has 0 aliphatic heterocycles. The number of carbonyl (C=O) groups is 2. The van der Waals surface area contributed by atoms with Crippen molar-refractivity contribution in [1.82, 2.24) is 0 Å². The van der Waals surface area contributed by atoms with Crippen LogP contribution in [0.4, 0.5) is 0 Å². The highest BCUT2D eigenvalue weighted by molar-refractivity contribution is 8.01. The minimum absolute atomic E-state index is 0.211. The summed E-state index contributed by atoms with van der Waals surface area (Å²) in [5.41, 5.74) is 0. The number of hydrogen-bond donors (Lipinski definition) is 1. The molecule has 4 nitrogen and oxygen atoms in total. The van der Waals surface area contributed by atoms with Crippen molar-refractivity contribution < 1.29 is 19.4 Å². The summed E-state index contributed by atoms with van der Waals surface area (Å²) in [5, 5.41) is 8.03. The number of esters is 1. The van der Waals surface area contributed by atoms with Gasteiger partial charge in [-0.1, -0.05) is 11.6 Å². The predicted molar refractivity (Wildman–Crippen MR) is 53.1 cm³/mol. The lowest BCUT2D eigenvalue weighted by atomic mass is 10.8. The fraction of sp³-hybridized carbons (Fsp3) is 0.714. The molecular weight excluding hydrogens is 216 g/mol. The van der Waals surface area contributed by atoms with Gasteiger partial charge in [-0.2, -0.15) is 0 Å². The SMILES string of the molecule is CCOC(C)=O.CSC(Cl)C(=O)O. The Morgan fingerprint density at radius 3 is 2.08 bits per heavy atom. The Labute approximate surface area is 86.6 Å². The number of ether oxygens (including phenoxy) is 1. The van der Waals surface area contributed by atoms with E-state index in [4.69, 9.17) is 16.7 Å². The Kier molecular flexibility index (Phi) is 11.2. The smallest absolute Gasteiger partial charge is 0.331 e. The van der Waals surface area contributed by atoms with Crippen molar-refractivity contribution >= 4 is 35.3 Å². The van der Waals surface area contributed by atoms with Crippen LogP contribution in [0.15, 0.2) is 0 Å². The van der Waals surface area contributed by atoms with Gasteiger partial charge in [0.15, 0.2) is 4.71 Å². The van der Waals surface area contributed by atoms with Crippen molar-refractivity contribution in [3.63, 3.8) is 0 Å². The maximum Gasteiger partial charge on any atom is 0.331 e. The van der Waals surface area contributed by atoms with Gasteiger partial charge in [0.1, 0.15) is 0 Å². The number of carboxylic acids is 1. The molecule has 0 saturated carbocycles. The van der Waals surface area contributed by atoms with E-state index < -0.39 is 10.7 Å². The van der Waals surface area contributed by atoms with E-state index >= 15 is 0 Å². The van der Waals surface area contributed by atoms with Crippen LogP contribution in [0.3, 0.4) is 0 Å². The van der Waals surface area contributed by atoms with Gasteiger partial charge in [-0.25, -0.2) is 4.79 Å². The van der Waals surface area contributed by atoms with E-state index in [2.05, 4.69) is 4.74 Å². The van der Waals surface area contributed by atoms with Crippen molar-refractivity contribution in [3.05, 3.63) is 0 Å². The lowest BCUT2D eigenvalue weighted by Gasteiger charge is -1.93. The fourth-order valence-electron chi connectivity index (χ4n) is 0.304. The molecule has 6 heteroatoms. The summed E-state index contributed by atoms with van der Waals surface area (Å²) >= 11 is 6.26. The Morgan fingerprint density at radius 2 is 2.08 bits per heavy atom. The maximum absolute atomic E-state index is 9.82. The van der Waals surface area contributed by atoms with Crippen LogP contribution in [0.5, 0.6) is 0 Å². The van der Waals surface area contributed by atoms with Crippen molar-refractivity contribution in [2.75, 3.05) is 12.9 Å². The Morgan fingerprint density at radius 1 is 1.62 bits per heavy atom. The third-order valence-corrected chi connectivity index (χ3v) is 2.09. The zero-order valence-corrected chi connectivity index (χ0v) is 9.32. The number of halogens is 1. The Balaban J connectivity index is 0. The Bertz CT molecular complexity index is 163. The first-order valence-electron chi connectivity index (χ1n) is 3.48. The van der Waals surface area contributed by atoms with E-state index in [0.717, 1.165) is 11.8 Å². The number of carbonyl (C=O) groups excluding carboxylic acids is 1. The number of alkyl halides is 1. The number of thioether (sulfide) groups is 1. The van der Waals surface area contributed by atoms with Gasteiger partial charge in [0.25, 0.3) is 0 Å². The molecule has 0 aromatic rings. The molecule has 0 aliphatic carbocycles. The van der Waals surface area contributed by atoms with Crippen LogP contribution in [-0.4, -0.2) is 34.6 Å². The topological polar surface area (TPSA) is 63.6 Å². The molecule has 0 bridgehead atoms. The molecule has 0 rings (SSSR count). The van der Waals surface area contributed by atoms with Gasteiger partial charge in [-0.05, 0) is 13.2 Å². The molecule has 0 fully saturated rings. The maximum atomic E-state index is 9.82. The summed E-state index contributed by atoms with van der Waals surface area (Å²) in [4.78, 5) is 19.6.